The summed E-state index contributed by atoms with van der Waals surface area (Å²) in [5, 5.41) is 0.823. The highest BCUT2D eigenvalue weighted by molar-refractivity contribution is 6.31. The maximum Gasteiger partial charge on any atom is 0.0449 e. The first-order chi connectivity index (χ1) is 5.58. The van der Waals surface area contributed by atoms with Crippen LogP contribution in [0.1, 0.15) is 32.8 Å². The predicted molar refractivity (Wildman–Crippen MR) is 53.6 cm³/mol. The van der Waals surface area contributed by atoms with Crippen LogP contribution in [0.5, 0.6) is 0 Å². The Kier molecular flexibility index (Phi) is 2.79. The van der Waals surface area contributed by atoms with E-state index < -0.39 is 0 Å². The van der Waals surface area contributed by atoms with Crippen LogP contribution in [-0.2, 0) is 5.41 Å². The van der Waals surface area contributed by atoms with Crippen LogP contribution in [0.15, 0.2) is 18.2 Å². The van der Waals surface area contributed by atoms with E-state index in [2.05, 4.69) is 26.8 Å². The number of hydrogen-bond donors (Lipinski definition) is 0. The summed E-state index contributed by atoms with van der Waals surface area (Å²) < 4.78 is 0. The molecule has 0 aliphatic carbocycles. The molecule has 0 amide bonds. The van der Waals surface area contributed by atoms with E-state index in [1.165, 1.54) is 0 Å². The third kappa shape index (κ3) is 1.81. The SMILES string of the molecule is CCC(C)(C)c1[c]cccc1Cl. The summed E-state index contributed by atoms with van der Waals surface area (Å²) in [6.45, 7) is 6.53. The molecule has 0 spiro atoms. The van der Waals surface area contributed by atoms with Crippen molar-refractivity contribution in [1.29, 1.82) is 0 Å². The van der Waals surface area contributed by atoms with Crippen LogP contribution in [0, 0.1) is 6.07 Å². The summed E-state index contributed by atoms with van der Waals surface area (Å²) in [6.07, 6.45) is 1.08. The molecular weight excluding hydrogens is 168 g/mol. The first kappa shape index (κ1) is 9.60. The van der Waals surface area contributed by atoms with Crippen molar-refractivity contribution < 1.29 is 0 Å². The fraction of sp³-hybridized carbons (Fsp3) is 0.455. The van der Waals surface area contributed by atoms with Crippen molar-refractivity contribution in [3.8, 4) is 0 Å². The van der Waals surface area contributed by atoms with Crippen molar-refractivity contribution >= 4 is 11.6 Å². The van der Waals surface area contributed by atoms with Gasteiger partial charge in [-0.3, -0.25) is 0 Å². The van der Waals surface area contributed by atoms with Crippen LogP contribution in [-0.4, -0.2) is 0 Å². The minimum atomic E-state index is 0.137. The van der Waals surface area contributed by atoms with Crippen LogP contribution in [0.25, 0.3) is 0 Å². The van der Waals surface area contributed by atoms with E-state index in [1.54, 1.807) is 0 Å². The Bertz CT molecular complexity index is 263. The molecule has 0 heterocycles. The van der Waals surface area contributed by atoms with Crippen LogP contribution in [0.4, 0.5) is 0 Å². The van der Waals surface area contributed by atoms with Gasteiger partial charge in [0.15, 0.2) is 0 Å². The van der Waals surface area contributed by atoms with Gasteiger partial charge in [-0.2, -0.15) is 0 Å². The second-order valence-corrected chi connectivity index (χ2v) is 4.04. The Morgan fingerprint density at radius 2 is 2.17 bits per heavy atom. The molecule has 0 aliphatic heterocycles. The molecule has 1 rings (SSSR count). The molecule has 12 heavy (non-hydrogen) atoms. The molecule has 1 radical (unpaired) electrons. The van der Waals surface area contributed by atoms with Gasteiger partial charge in [0, 0.05) is 5.02 Å². The van der Waals surface area contributed by atoms with Gasteiger partial charge in [-0.25, -0.2) is 0 Å². The molecule has 0 atom stereocenters. The smallest absolute Gasteiger partial charge is 0.0449 e. The summed E-state index contributed by atoms with van der Waals surface area (Å²) in [5.41, 5.74) is 1.26. The Labute approximate surface area is 79.6 Å². The number of benzene rings is 1. The van der Waals surface area contributed by atoms with E-state index in [1.807, 2.05) is 18.2 Å². The van der Waals surface area contributed by atoms with E-state index in [0.717, 1.165) is 17.0 Å². The van der Waals surface area contributed by atoms with Crippen molar-refractivity contribution in [1.82, 2.24) is 0 Å². The van der Waals surface area contributed by atoms with Gasteiger partial charge in [-0.05, 0) is 29.5 Å². The lowest BCUT2D eigenvalue weighted by Gasteiger charge is -2.23. The van der Waals surface area contributed by atoms with Gasteiger partial charge < -0.3 is 0 Å². The molecule has 1 aromatic rings. The Balaban J connectivity index is 3.10. The molecular formula is C11H14Cl. The Hall–Kier alpha value is -0.490. The first-order valence-corrected chi connectivity index (χ1v) is 4.62. The Morgan fingerprint density at radius 3 is 2.67 bits per heavy atom. The third-order valence-corrected chi connectivity index (χ3v) is 2.68. The van der Waals surface area contributed by atoms with E-state index in [0.29, 0.717) is 0 Å². The van der Waals surface area contributed by atoms with Gasteiger partial charge in [0.2, 0.25) is 0 Å². The van der Waals surface area contributed by atoms with Crippen molar-refractivity contribution in [2.75, 3.05) is 0 Å². The zero-order valence-corrected chi connectivity index (χ0v) is 8.57. The van der Waals surface area contributed by atoms with Gasteiger partial charge >= 0.3 is 0 Å². The molecule has 0 N–H and O–H groups in total. The fourth-order valence-electron chi connectivity index (χ4n) is 1.11. The second kappa shape index (κ2) is 3.49. The van der Waals surface area contributed by atoms with Crippen molar-refractivity contribution in [2.24, 2.45) is 0 Å². The van der Waals surface area contributed by atoms with Crippen molar-refractivity contribution in [2.45, 2.75) is 32.6 Å². The maximum atomic E-state index is 6.06. The quantitative estimate of drug-likeness (QED) is 0.651. The fourth-order valence-corrected chi connectivity index (χ4v) is 1.49. The molecule has 1 aromatic carbocycles. The molecule has 0 fully saturated rings. The summed E-state index contributed by atoms with van der Waals surface area (Å²) in [7, 11) is 0. The number of hydrogen-bond acceptors (Lipinski definition) is 0. The molecule has 1 heteroatoms. The highest BCUT2D eigenvalue weighted by Gasteiger charge is 2.20. The predicted octanol–water partition coefficient (Wildman–Crippen LogP) is 3.83. The zero-order valence-electron chi connectivity index (χ0n) is 7.82. The molecule has 0 unspecified atom stereocenters. The van der Waals surface area contributed by atoms with E-state index in [-0.39, 0.29) is 5.41 Å². The normalized spacial score (nSPS) is 11.7. The summed E-state index contributed by atoms with van der Waals surface area (Å²) in [4.78, 5) is 0. The van der Waals surface area contributed by atoms with Gasteiger partial charge in [-0.1, -0.05) is 44.5 Å². The highest BCUT2D eigenvalue weighted by Crippen LogP contribution is 2.31. The molecule has 0 aliphatic rings. The minimum absolute atomic E-state index is 0.137. The van der Waals surface area contributed by atoms with Crippen molar-refractivity contribution in [3.63, 3.8) is 0 Å². The zero-order chi connectivity index (χ0) is 9.19. The van der Waals surface area contributed by atoms with E-state index in [9.17, 15) is 0 Å². The lowest BCUT2D eigenvalue weighted by molar-refractivity contribution is 0.506. The van der Waals surface area contributed by atoms with Crippen LogP contribution in [0.3, 0.4) is 0 Å². The van der Waals surface area contributed by atoms with Gasteiger partial charge in [0.1, 0.15) is 0 Å². The lowest BCUT2D eigenvalue weighted by atomic mass is 9.82. The van der Waals surface area contributed by atoms with Gasteiger partial charge in [-0.15, -0.1) is 0 Å². The topological polar surface area (TPSA) is 0 Å². The minimum Gasteiger partial charge on any atom is -0.0840 e. The molecule has 0 nitrogen and oxygen atoms in total. The second-order valence-electron chi connectivity index (χ2n) is 3.63. The average molecular weight is 182 g/mol. The van der Waals surface area contributed by atoms with Crippen LogP contribution < -0.4 is 0 Å². The maximum absolute atomic E-state index is 6.06. The van der Waals surface area contributed by atoms with Crippen molar-refractivity contribution in [3.05, 3.63) is 34.9 Å². The standard InChI is InChI=1S/C11H14Cl/c1-4-11(2,3)9-7-5-6-8-10(9)12/h5-6,8H,4H2,1-3H3. The van der Waals surface area contributed by atoms with E-state index >= 15 is 0 Å². The number of halogens is 1. The monoisotopic (exact) mass is 181 g/mol. The largest absolute Gasteiger partial charge is 0.0840 e. The van der Waals surface area contributed by atoms with Gasteiger partial charge in [0.25, 0.3) is 0 Å². The summed E-state index contributed by atoms with van der Waals surface area (Å²) >= 11 is 6.06. The first-order valence-electron chi connectivity index (χ1n) is 4.24. The number of rotatable bonds is 2. The molecule has 65 valence electrons. The Morgan fingerprint density at radius 1 is 1.50 bits per heavy atom. The lowest BCUT2D eigenvalue weighted by Crippen LogP contribution is -2.15. The molecule has 0 saturated heterocycles. The molecule has 0 bridgehead atoms. The summed E-state index contributed by atoms with van der Waals surface area (Å²) in [5.74, 6) is 0. The van der Waals surface area contributed by atoms with Crippen LogP contribution >= 0.6 is 11.6 Å². The third-order valence-electron chi connectivity index (χ3n) is 2.37. The highest BCUT2D eigenvalue weighted by atomic mass is 35.5. The van der Waals surface area contributed by atoms with E-state index in [4.69, 9.17) is 11.6 Å². The molecule has 0 aromatic heterocycles. The summed E-state index contributed by atoms with van der Waals surface area (Å²) in [6, 6.07) is 8.95. The van der Waals surface area contributed by atoms with Crippen LogP contribution in [0.2, 0.25) is 5.02 Å². The average Bonchev–Trinajstić information content (AvgIpc) is 2.05. The van der Waals surface area contributed by atoms with Gasteiger partial charge in [0.05, 0.1) is 0 Å². The molecule has 0 saturated carbocycles.